The van der Waals surface area contributed by atoms with Crippen LogP contribution < -0.4 is 10.1 Å². The van der Waals surface area contributed by atoms with E-state index in [0.717, 1.165) is 25.4 Å². The molecule has 2 heterocycles. The largest absolute Gasteiger partial charge is 0.491 e. The number of benzene rings is 2. The minimum atomic E-state index is -4.56. The molecule has 7 nitrogen and oxygen atoms in total. The van der Waals surface area contributed by atoms with Gasteiger partial charge in [0.2, 0.25) is 6.41 Å². The number of piperidine rings is 1. The molecular weight excluding hydrogens is 473 g/mol. The maximum atomic E-state index is 13.0. The molecule has 0 radical (unpaired) electrons. The van der Waals surface area contributed by atoms with Crippen molar-refractivity contribution in [3.05, 3.63) is 66.0 Å². The first-order chi connectivity index (χ1) is 17.3. The van der Waals surface area contributed by atoms with Crippen LogP contribution in [0.25, 0.3) is 11.4 Å². The summed E-state index contributed by atoms with van der Waals surface area (Å²) in [6.45, 7) is 1.66. The Kier molecular flexibility index (Phi) is 7.59. The van der Waals surface area contributed by atoms with Gasteiger partial charge in [-0.3, -0.25) is 9.59 Å². The van der Waals surface area contributed by atoms with Gasteiger partial charge in [-0.25, -0.2) is 4.98 Å². The van der Waals surface area contributed by atoms with E-state index in [1.165, 1.54) is 6.07 Å². The van der Waals surface area contributed by atoms with Gasteiger partial charge >= 0.3 is 12.1 Å². The zero-order valence-corrected chi connectivity index (χ0v) is 19.1. The van der Waals surface area contributed by atoms with E-state index in [4.69, 9.17) is 4.74 Å². The molecule has 0 bridgehead atoms. The zero-order chi connectivity index (χ0) is 25.5. The molecule has 1 saturated heterocycles. The van der Waals surface area contributed by atoms with Crippen LogP contribution in [-0.4, -0.2) is 46.9 Å². The normalized spacial score (nSPS) is 14.0. The molecule has 186 valence electrons. The molecule has 1 aromatic heterocycles. The van der Waals surface area contributed by atoms with E-state index in [1.807, 2.05) is 6.07 Å². The van der Waals surface area contributed by atoms with E-state index in [9.17, 15) is 22.8 Å². The minimum Gasteiger partial charge on any atom is -0.491 e. The number of aromatic nitrogens is 2. The smallest absolute Gasteiger partial charge is 0.432 e. The third-order valence-corrected chi connectivity index (χ3v) is 5.75. The van der Waals surface area contributed by atoms with Crippen molar-refractivity contribution in [1.82, 2.24) is 14.9 Å². The Morgan fingerprint density at radius 1 is 1.19 bits per heavy atom. The second-order valence-electron chi connectivity index (χ2n) is 8.32. The first-order valence-corrected chi connectivity index (χ1v) is 11.3. The zero-order valence-electron chi connectivity index (χ0n) is 19.1. The molecule has 2 aromatic carbocycles. The molecule has 1 aliphatic rings. The summed E-state index contributed by atoms with van der Waals surface area (Å²) in [7, 11) is 0. The first-order valence-electron chi connectivity index (χ1n) is 11.3. The Morgan fingerprint density at radius 3 is 2.61 bits per heavy atom. The van der Waals surface area contributed by atoms with Crippen molar-refractivity contribution < 1.29 is 27.5 Å². The summed E-state index contributed by atoms with van der Waals surface area (Å²) in [5.74, 6) is 5.25. The molecule has 10 heteroatoms. The summed E-state index contributed by atoms with van der Waals surface area (Å²) in [4.78, 5) is 31.3. The van der Waals surface area contributed by atoms with Gasteiger partial charge < -0.3 is 19.9 Å². The number of hydrogen-bond donors (Lipinski definition) is 2. The summed E-state index contributed by atoms with van der Waals surface area (Å²) in [5.41, 5.74) is 0.284. The summed E-state index contributed by atoms with van der Waals surface area (Å²) in [6.07, 6.45) is -1.44. The number of hydrogen-bond acceptors (Lipinski definition) is 4. The predicted octanol–water partition coefficient (Wildman–Crippen LogP) is 4.33. The molecule has 36 heavy (non-hydrogen) atoms. The Hall–Kier alpha value is -4.26. The van der Waals surface area contributed by atoms with Gasteiger partial charge in [-0.2, -0.15) is 13.2 Å². The topological polar surface area (TPSA) is 87.3 Å². The minimum absolute atomic E-state index is 0.000906. The summed E-state index contributed by atoms with van der Waals surface area (Å²) >= 11 is 0. The molecule has 2 amide bonds. The molecule has 3 aromatic rings. The second kappa shape index (κ2) is 11.0. The Labute approximate surface area is 205 Å². The van der Waals surface area contributed by atoms with Crippen LogP contribution in [0.2, 0.25) is 0 Å². The lowest BCUT2D eigenvalue weighted by Crippen LogP contribution is -2.34. The number of ether oxygens (including phenoxy) is 1. The molecular formula is C26H23F3N4O3. The van der Waals surface area contributed by atoms with Crippen LogP contribution in [0, 0.1) is 17.8 Å². The summed E-state index contributed by atoms with van der Waals surface area (Å²) in [6, 6.07) is 13.6. The molecule has 0 spiro atoms. The van der Waals surface area contributed by atoms with Gasteiger partial charge in [0, 0.05) is 30.1 Å². The van der Waals surface area contributed by atoms with Crippen molar-refractivity contribution in [2.45, 2.75) is 19.0 Å². The number of alkyl halides is 3. The Morgan fingerprint density at radius 2 is 1.94 bits per heavy atom. The van der Waals surface area contributed by atoms with E-state index in [1.54, 1.807) is 41.3 Å². The number of carbonyl (C=O) groups is 2. The van der Waals surface area contributed by atoms with Crippen molar-refractivity contribution in [2.75, 3.05) is 25.0 Å². The van der Waals surface area contributed by atoms with Gasteiger partial charge in [-0.05, 0) is 49.1 Å². The van der Waals surface area contributed by atoms with Gasteiger partial charge in [0.05, 0.1) is 18.5 Å². The second-order valence-corrected chi connectivity index (χ2v) is 8.32. The van der Waals surface area contributed by atoms with Crippen molar-refractivity contribution >= 4 is 18.0 Å². The highest BCUT2D eigenvalue weighted by Crippen LogP contribution is 2.33. The number of H-pyrrole nitrogens is 1. The lowest BCUT2D eigenvalue weighted by molar-refractivity contribution is -0.140. The van der Waals surface area contributed by atoms with Crippen molar-refractivity contribution in [2.24, 2.45) is 5.92 Å². The number of halogens is 3. The van der Waals surface area contributed by atoms with Gasteiger partial charge in [-0.1, -0.05) is 24.1 Å². The number of aromatic amines is 1. The lowest BCUT2D eigenvalue weighted by Gasteiger charge is -2.29. The fourth-order valence-electron chi connectivity index (χ4n) is 3.75. The monoisotopic (exact) mass is 496 g/mol. The maximum Gasteiger partial charge on any atom is 0.432 e. The van der Waals surface area contributed by atoms with Crippen molar-refractivity contribution in [3.8, 4) is 29.0 Å². The predicted molar refractivity (Wildman–Crippen MR) is 127 cm³/mol. The van der Waals surface area contributed by atoms with Crippen LogP contribution in [0.4, 0.5) is 18.9 Å². The van der Waals surface area contributed by atoms with E-state index in [0.29, 0.717) is 36.6 Å². The Balaban J connectivity index is 1.54. The fourth-order valence-corrected chi connectivity index (χ4v) is 3.75. The number of rotatable bonds is 6. The van der Waals surface area contributed by atoms with Gasteiger partial charge in [0.25, 0.3) is 0 Å². The van der Waals surface area contributed by atoms with Crippen molar-refractivity contribution in [1.29, 1.82) is 0 Å². The highest BCUT2D eigenvalue weighted by atomic mass is 19.4. The molecule has 0 atom stereocenters. The average Bonchev–Trinajstić information content (AvgIpc) is 3.39. The third kappa shape index (κ3) is 6.44. The first kappa shape index (κ1) is 24.9. The van der Waals surface area contributed by atoms with Gasteiger partial charge in [-0.15, -0.1) is 0 Å². The summed E-state index contributed by atoms with van der Waals surface area (Å²) < 4.78 is 45.0. The Bertz CT molecular complexity index is 1270. The number of amides is 2. The quantitative estimate of drug-likeness (QED) is 0.393. The van der Waals surface area contributed by atoms with Crippen molar-refractivity contribution in [3.63, 3.8) is 0 Å². The van der Waals surface area contributed by atoms with Crippen LogP contribution in [0.3, 0.4) is 0 Å². The number of anilines is 1. The van der Waals surface area contributed by atoms with E-state index in [-0.39, 0.29) is 17.4 Å². The number of nitrogens with zero attached hydrogens (tertiary/aromatic N) is 2. The molecule has 0 aliphatic carbocycles. The molecule has 1 aliphatic heterocycles. The maximum absolute atomic E-state index is 13.0. The van der Waals surface area contributed by atoms with E-state index in [2.05, 4.69) is 27.1 Å². The van der Waals surface area contributed by atoms with Gasteiger partial charge in [0.15, 0.2) is 0 Å². The molecule has 0 saturated carbocycles. The van der Waals surface area contributed by atoms with Gasteiger partial charge in [0.1, 0.15) is 17.3 Å². The molecule has 1 fully saturated rings. The van der Waals surface area contributed by atoms with Crippen LogP contribution in [-0.2, 0) is 15.8 Å². The standard InChI is InChI=1S/C26H23F3N4O3/c27-26(28,29)23-15-30-25(32-23)20-7-8-22(36-16-19-10-12-33(17-34)13-11-19)21(14-20)31-24(35)9-6-18-4-2-1-3-5-18/h1-5,7-8,14-15,17,19H,10-13,16H2,(H,30,32)(H,31,35). The molecule has 2 N–H and O–H groups in total. The summed E-state index contributed by atoms with van der Waals surface area (Å²) in [5, 5.41) is 2.68. The lowest BCUT2D eigenvalue weighted by atomic mass is 9.98. The van der Waals surface area contributed by atoms with E-state index < -0.39 is 17.8 Å². The molecule has 0 unspecified atom stereocenters. The van der Waals surface area contributed by atoms with Crippen LogP contribution in [0.5, 0.6) is 5.75 Å². The fraction of sp³-hybridized carbons (Fsp3) is 0.269. The number of likely N-dealkylation sites (tertiary alicyclic amines) is 1. The number of carbonyl (C=O) groups excluding carboxylic acids is 2. The number of nitrogens with one attached hydrogen (secondary N) is 2. The SMILES string of the molecule is O=CN1CCC(COc2ccc(-c3ncc(C(F)(F)F)[nH]3)cc2NC(=O)C#Cc2ccccc2)CC1. The third-order valence-electron chi connectivity index (χ3n) is 5.75. The van der Waals surface area contributed by atoms with Crippen LogP contribution >= 0.6 is 0 Å². The highest BCUT2D eigenvalue weighted by molar-refractivity contribution is 6.05. The van der Waals surface area contributed by atoms with Crippen LogP contribution in [0.15, 0.2) is 54.7 Å². The van der Waals surface area contributed by atoms with Crippen LogP contribution in [0.1, 0.15) is 24.1 Å². The average molecular weight is 496 g/mol. The highest BCUT2D eigenvalue weighted by Gasteiger charge is 2.33. The number of imidazole rings is 1. The molecule has 4 rings (SSSR count). The van der Waals surface area contributed by atoms with E-state index >= 15 is 0 Å².